The molecule has 1 aromatic carbocycles. The van der Waals surface area contributed by atoms with Crippen molar-refractivity contribution in [1.82, 2.24) is 9.55 Å². The first-order valence-corrected chi connectivity index (χ1v) is 7.42. The lowest BCUT2D eigenvalue weighted by molar-refractivity contribution is -0.694. The van der Waals surface area contributed by atoms with Gasteiger partial charge in [0, 0.05) is 12.1 Å². The van der Waals surface area contributed by atoms with Crippen molar-refractivity contribution in [3.05, 3.63) is 39.4 Å². The molecule has 20 heavy (non-hydrogen) atoms. The minimum absolute atomic E-state index is 0.0163. The van der Waals surface area contributed by atoms with Crippen LogP contribution >= 0.6 is 11.6 Å². The molecule has 0 aliphatic rings. The molecule has 0 saturated carbocycles. The van der Waals surface area contributed by atoms with Crippen LogP contribution in [0.1, 0.15) is 38.6 Å². The van der Waals surface area contributed by atoms with Crippen LogP contribution in [0.15, 0.2) is 23.0 Å². The van der Waals surface area contributed by atoms with Gasteiger partial charge in [0.05, 0.1) is 17.4 Å². The van der Waals surface area contributed by atoms with Gasteiger partial charge in [0.25, 0.3) is 5.56 Å². The van der Waals surface area contributed by atoms with Gasteiger partial charge in [0.15, 0.2) is 5.82 Å². The van der Waals surface area contributed by atoms with Crippen molar-refractivity contribution in [2.24, 2.45) is 7.05 Å². The summed E-state index contributed by atoms with van der Waals surface area (Å²) in [5.41, 5.74) is 0.656. The standard InChI is InChI=1S/C15H20ClN3O/c1-4-5-8-17-10(2)14-18-13-9-11(16)6-7-12(13)15(20)19(14)3/h6-7,9-10,17H,4-5,8H2,1-3H3/p+1/t10-/m0/s1. The lowest BCUT2D eigenvalue weighted by Crippen LogP contribution is -2.85. The summed E-state index contributed by atoms with van der Waals surface area (Å²) in [6.07, 6.45) is 2.33. The highest BCUT2D eigenvalue weighted by Crippen LogP contribution is 2.16. The molecule has 4 nitrogen and oxygen atoms in total. The van der Waals surface area contributed by atoms with E-state index in [-0.39, 0.29) is 11.6 Å². The number of nitrogens with zero attached hydrogens (tertiary/aromatic N) is 2. The predicted octanol–water partition coefficient (Wildman–Crippen LogP) is 2.01. The van der Waals surface area contributed by atoms with E-state index in [0.717, 1.165) is 18.8 Å². The maximum atomic E-state index is 12.4. The number of halogens is 1. The van der Waals surface area contributed by atoms with Crippen LogP contribution in [0.4, 0.5) is 0 Å². The molecule has 1 heterocycles. The molecule has 0 fully saturated rings. The largest absolute Gasteiger partial charge is 0.338 e. The van der Waals surface area contributed by atoms with E-state index in [1.54, 1.807) is 29.8 Å². The molecule has 1 aromatic heterocycles. The Morgan fingerprint density at radius 1 is 1.45 bits per heavy atom. The van der Waals surface area contributed by atoms with Crippen molar-refractivity contribution in [1.29, 1.82) is 0 Å². The van der Waals surface area contributed by atoms with Crippen LogP contribution in [0.2, 0.25) is 5.02 Å². The zero-order valence-corrected chi connectivity index (χ0v) is 12.9. The Morgan fingerprint density at radius 2 is 2.20 bits per heavy atom. The van der Waals surface area contributed by atoms with Gasteiger partial charge in [-0.05, 0) is 31.5 Å². The number of quaternary nitrogens is 1. The molecule has 1 atom stereocenters. The van der Waals surface area contributed by atoms with E-state index < -0.39 is 0 Å². The third-order valence-electron chi connectivity index (χ3n) is 3.56. The van der Waals surface area contributed by atoms with E-state index in [4.69, 9.17) is 11.6 Å². The fourth-order valence-electron chi connectivity index (χ4n) is 2.35. The highest BCUT2D eigenvalue weighted by molar-refractivity contribution is 6.31. The molecule has 0 unspecified atom stereocenters. The van der Waals surface area contributed by atoms with E-state index in [1.807, 2.05) is 0 Å². The topological polar surface area (TPSA) is 51.5 Å². The average molecular weight is 295 g/mol. The van der Waals surface area contributed by atoms with Gasteiger partial charge in [0.2, 0.25) is 0 Å². The fraction of sp³-hybridized carbons (Fsp3) is 0.467. The molecule has 2 N–H and O–H groups in total. The molecule has 0 bridgehead atoms. The molecule has 108 valence electrons. The zero-order chi connectivity index (χ0) is 14.7. The SMILES string of the molecule is CCCC[NH2+][C@@H](C)c1nc2cc(Cl)ccc2c(=O)n1C. The number of aromatic nitrogens is 2. The molecule has 0 aliphatic heterocycles. The van der Waals surface area contributed by atoms with Crippen LogP contribution < -0.4 is 10.9 Å². The summed E-state index contributed by atoms with van der Waals surface area (Å²) < 4.78 is 1.64. The summed E-state index contributed by atoms with van der Waals surface area (Å²) in [6.45, 7) is 5.29. The van der Waals surface area contributed by atoms with E-state index in [2.05, 4.69) is 24.1 Å². The number of hydrogen-bond donors (Lipinski definition) is 1. The van der Waals surface area contributed by atoms with Crippen molar-refractivity contribution >= 4 is 22.5 Å². The second-order valence-electron chi connectivity index (χ2n) is 5.16. The monoisotopic (exact) mass is 294 g/mol. The van der Waals surface area contributed by atoms with Gasteiger partial charge >= 0.3 is 0 Å². The zero-order valence-electron chi connectivity index (χ0n) is 12.2. The van der Waals surface area contributed by atoms with Crippen LogP contribution in [-0.2, 0) is 7.05 Å². The molecule has 0 amide bonds. The number of benzene rings is 1. The highest BCUT2D eigenvalue weighted by Gasteiger charge is 2.16. The third-order valence-corrected chi connectivity index (χ3v) is 3.79. The maximum Gasteiger partial charge on any atom is 0.261 e. The van der Waals surface area contributed by atoms with Gasteiger partial charge in [-0.25, -0.2) is 4.98 Å². The summed E-state index contributed by atoms with van der Waals surface area (Å²) >= 11 is 5.99. The van der Waals surface area contributed by atoms with Crippen LogP contribution in [0, 0.1) is 0 Å². The van der Waals surface area contributed by atoms with E-state index in [0.29, 0.717) is 15.9 Å². The Balaban J connectivity index is 2.43. The summed E-state index contributed by atoms with van der Waals surface area (Å²) in [7, 11) is 1.78. The lowest BCUT2D eigenvalue weighted by atomic mass is 10.2. The highest BCUT2D eigenvalue weighted by atomic mass is 35.5. The van der Waals surface area contributed by atoms with Gasteiger partial charge in [0.1, 0.15) is 6.04 Å². The second-order valence-corrected chi connectivity index (χ2v) is 5.60. The van der Waals surface area contributed by atoms with Crippen LogP contribution in [-0.4, -0.2) is 16.1 Å². The molecule has 0 aliphatic carbocycles. The Labute approximate surface area is 123 Å². The Hall–Kier alpha value is -1.39. The molecule has 5 heteroatoms. The first-order chi connectivity index (χ1) is 9.54. The molecule has 2 aromatic rings. The Kier molecular flexibility index (Phi) is 4.78. The fourth-order valence-corrected chi connectivity index (χ4v) is 2.51. The molecular weight excluding hydrogens is 274 g/mol. The summed E-state index contributed by atoms with van der Waals surface area (Å²) in [5.74, 6) is 0.792. The van der Waals surface area contributed by atoms with Gasteiger partial charge in [-0.15, -0.1) is 0 Å². The van der Waals surface area contributed by atoms with Crippen molar-refractivity contribution in [2.45, 2.75) is 32.7 Å². The second kappa shape index (κ2) is 6.37. The van der Waals surface area contributed by atoms with Crippen LogP contribution in [0.5, 0.6) is 0 Å². The van der Waals surface area contributed by atoms with Gasteiger partial charge in [-0.2, -0.15) is 0 Å². The molecule has 2 rings (SSSR count). The van der Waals surface area contributed by atoms with Gasteiger partial charge in [-0.3, -0.25) is 9.36 Å². The predicted molar refractivity (Wildman–Crippen MR) is 82.1 cm³/mol. The van der Waals surface area contributed by atoms with Gasteiger partial charge < -0.3 is 5.32 Å². The molecule has 0 radical (unpaired) electrons. The van der Waals surface area contributed by atoms with Crippen molar-refractivity contribution in [3.8, 4) is 0 Å². The maximum absolute atomic E-state index is 12.4. The van der Waals surface area contributed by atoms with E-state index in [1.165, 1.54) is 6.42 Å². The Morgan fingerprint density at radius 3 is 2.90 bits per heavy atom. The van der Waals surface area contributed by atoms with E-state index in [9.17, 15) is 4.79 Å². The average Bonchev–Trinajstić information content (AvgIpc) is 2.42. The molecule has 0 saturated heterocycles. The van der Waals surface area contributed by atoms with Crippen LogP contribution in [0.25, 0.3) is 10.9 Å². The van der Waals surface area contributed by atoms with E-state index >= 15 is 0 Å². The Bertz CT molecular complexity index is 666. The molecular formula is C15H21ClN3O+. The lowest BCUT2D eigenvalue weighted by Gasteiger charge is -2.14. The van der Waals surface area contributed by atoms with Crippen molar-refractivity contribution in [3.63, 3.8) is 0 Å². The number of rotatable bonds is 5. The minimum atomic E-state index is -0.0163. The number of nitrogens with two attached hydrogens (primary N) is 1. The first-order valence-electron chi connectivity index (χ1n) is 7.04. The quantitative estimate of drug-likeness (QED) is 0.858. The number of hydrogen-bond acceptors (Lipinski definition) is 2. The summed E-state index contributed by atoms with van der Waals surface area (Å²) in [5, 5.41) is 3.44. The molecule has 0 spiro atoms. The van der Waals surface area contributed by atoms with Gasteiger partial charge in [-0.1, -0.05) is 24.9 Å². The number of unbranched alkanes of at least 4 members (excludes halogenated alkanes) is 1. The van der Waals surface area contributed by atoms with Crippen LogP contribution in [0.3, 0.4) is 0 Å². The summed E-state index contributed by atoms with van der Waals surface area (Å²) in [4.78, 5) is 17.0. The summed E-state index contributed by atoms with van der Waals surface area (Å²) in [6, 6.07) is 5.37. The number of fused-ring (bicyclic) bond motifs is 1. The van der Waals surface area contributed by atoms with Crippen molar-refractivity contribution < 1.29 is 5.32 Å². The first kappa shape index (κ1) is 15.0. The van der Waals surface area contributed by atoms with Crippen molar-refractivity contribution in [2.75, 3.05) is 6.54 Å². The minimum Gasteiger partial charge on any atom is -0.338 e. The smallest absolute Gasteiger partial charge is 0.261 e. The third kappa shape index (κ3) is 3.02. The normalized spacial score (nSPS) is 12.8.